The average molecular weight is 331 g/mol. The highest BCUT2D eigenvalue weighted by Crippen LogP contribution is 2.23. The summed E-state index contributed by atoms with van der Waals surface area (Å²) in [7, 11) is 1.84. The second-order valence-electron chi connectivity index (χ2n) is 6.21. The number of β-amino-alcohol motifs (C(OH)–C–C–N with tert-alkyl or cyclic N) is 2. The first kappa shape index (κ1) is 16.6. The number of amides is 1. The molecule has 8 nitrogen and oxygen atoms in total. The minimum absolute atomic E-state index is 0.0346. The Morgan fingerprint density at radius 3 is 3.00 bits per heavy atom. The molecule has 1 aliphatic rings. The molecule has 0 aromatic carbocycles. The Hall–Kier alpha value is -2.29. The molecule has 3 N–H and O–H groups in total. The zero-order valence-corrected chi connectivity index (χ0v) is 13.5. The maximum atomic E-state index is 12.0. The van der Waals surface area contributed by atoms with Crippen LogP contribution in [0, 0.1) is 0 Å². The van der Waals surface area contributed by atoms with Crippen molar-refractivity contribution < 1.29 is 15.0 Å². The minimum Gasteiger partial charge on any atom is -0.389 e. The summed E-state index contributed by atoms with van der Waals surface area (Å²) in [6.07, 6.45) is 4.25. The Balaban J connectivity index is 1.57. The van der Waals surface area contributed by atoms with Gasteiger partial charge in [-0.3, -0.25) is 19.4 Å². The molecule has 2 aromatic heterocycles. The number of carbonyl (C=O) groups is 1. The van der Waals surface area contributed by atoms with Gasteiger partial charge < -0.3 is 15.5 Å². The number of nitrogens with zero attached hydrogens (tertiary/aromatic N) is 4. The predicted molar refractivity (Wildman–Crippen MR) is 86.0 cm³/mol. The number of hydrogen-bond acceptors (Lipinski definition) is 6. The summed E-state index contributed by atoms with van der Waals surface area (Å²) >= 11 is 0. The summed E-state index contributed by atoms with van der Waals surface area (Å²) in [6.45, 7) is 1.16. The molecule has 1 saturated heterocycles. The van der Waals surface area contributed by atoms with Gasteiger partial charge in [-0.15, -0.1) is 0 Å². The number of nitrogens with one attached hydrogen (secondary N) is 1. The molecule has 3 heterocycles. The van der Waals surface area contributed by atoms with Gasteiger partial charge in [-0.05, 0) is 12.1 Å². The van der Waals surface area contributed by atoms with Crippen molar-refractivity contribution in [2.45, 2.75) is 18.2 Å². The number of hydrogen-bond donors (Lipinski definition) is 3. The lowest BCUT2D eigenvalue weighted by atomic mass is 10.0. The fourth-order valence-corrected chi connectivity index (χ4v) is 2.90. The lowest BCUT2D eigenvalue weighted by Gasteiger charge is -2.26. The van der Waals surface area contributed by atoms with Crippen molar-refractivity contribution in [3.63, 3.8) is 0 Å². The molecular weight excluding hydrogens is 310 g/mol. The van der Waals surface area contributed by atoms with Gasteiger partial charge >= 0.3 is 0 Å². The van der Waals surface area contributed by atoms with Crippen molar-refractivity contribution in [2.75, 3.05) is 19.6 Å². The second kappa shape index (κ2) is 6.68. The molecule has 8 heteroatoms. The third-order valence-corrected chi connectivity index (χ3v) is 4.17. The molecule has 0 bridgehead atoms. The largest absolute Gasteiger partial charge is 0.389 e. The number of carbonyl (C=O) groups excluding carboxylic acids is 1. The van der Waals surface area contributed by atoms with Gasteiger partial charge in [0, 0.05) is 44.6 Å². The van der Waals surface area contributed by atoms with Crippen molar-refractivity contribution in [3.8, 4) is 0 Å². The fourth-order valence-electron chi connectivity index (χ4n) is 2.90. The number of aryl methyl sites for hydroxylation is 1. The fraction of sp³-hybridized carbons (Fsp3) is 0.438. The van der Waals surface area contributed by atoms with Crippen molar-refractivity contribution in [3.05, 3.63) is 48.0 Å². The molecule has 1 fully saturated rings. The summed E-state index contributed by atoms with van der Waals surface area (Å²) in [4.78, 5) is 17.9. The van der Waals surface area contributed by atoms with E-state index >= 15 is 0 Å². The SMILES string of the molecule is Cn1cc(CN2C[C@@H](O)[C@](O)(CNC(=O)c3ccccn3)C2)cn1. The van der Waals surface area contributed by atoms with Crippen LogP contribution in [0.5, 0.6) is 0 Å². The Morgan fingerprint density at radius 2 is 2.33 bits per heavy atom. The first-order chi connectivity index (χ1) is 11.5. The van der Waals surface area contributed by atoms with E-state index in [1.54, 1.807) is 29.1 Å². The van der Waals surface area contributed by atoms with Crippen molar-refractivity contribution >= 4 is 5.91 Å². The van der Waals surface area contributed by atoms with Gasteiger partial charge in [0.1, 0.15) is 11.3 Å². The maximum absolute atomic E-state index is 12.0. The van der Waals surface area contributed by atoms with Crippen LogP contribution in [0.2, 0.25) is 0 Å². The van der Waals surface area contributed by atoms with E-state index in [4.69, 9.17) is 0 Å². The Morgan fingerprint density at radius 1 is 1.50 bits per heavy atom. The molecular formula is C16H21N5O3. The standard InChI is InChI=1S/C16H21N5O3/c1-20-7-12(6-19-20)8-21-9-14(22)16(24,11-21)10-18-15(23)13-4-2-3-5-17-13/h2-7,14,22,24H,8-11H2,1H3,(H,18,23)/t14-,16+/m1/s1. The van der Waals surface area contributed by atoms with E-state index < -0.39 is 11.7 Å². The van der Waals surface area contributed by atoms with Crippen LogP contribution in [-0.4, -0.2) is 67.1 Å². The van der Waals surface area contributed by atoms with Crippen LogP contribution in [0.1, 0.15) is 16.1 Å². The number of aliphatic hydroxyl groups is 2. The number of aliphatic hydroxyl groups excluding tert-OH is 1. The third kappa shape index (κ3) is 3.61. The number of rotatable bonds is 5. The van der Waals surface area contributed by atoms with Gasteiger partial charge in [-0.25, -0.2) is 0 Å². The molecule has 0 radical (unpaired) electrons. The lowest BCUT2D eigenvalue weighted by molar-refractivity contribution is -0.0377. The Labute approximate surface area is 139 Å². The lowest BCUT2D eigenvalue weighted by Crippen LogP contribution is -2.51. The summed E-state index contributed by atoms with van der Waals surface area (Å²) in [5, 5.41) is 27.6. The molecule has 1 amide bonds. The quantitative estimate of drug-likeness (QED) is 0.660. The van der Waals surface area contributed by atoms with E-state index in [2.05, 4.69) is 15.4 Å². The molecule has 2 aromatic rings. The van der Waals surface area contributed by atoms with Crippen LogP contribution < -0.4 is 5.32 Å². The van der Waals surface area contributed by atoms with Gasteiger partial charge in [-0.2, -0.15) is 5.10 Å². The van der Waals surface area contributed by atoms with Crippen molar-refractivity contribution in [1.29, 1.82) is 0 Å². The molecule has 0 saturated carbocycles. The average Bonchev–Trinajstić information content (AvgIpc) is 3.09. The maximum Gasteiger partial charge on any atom is 0.269 e. The summed E-state index contributed by atoms with van der Waals surface area (Å²) in [5.41, 5.74) is -0.0978. The number of likely N-dealkylation sites (tertiary alicyclic amines) is 1. The van der Waals surface area contributed by atoms with E-state index in [0.717, 1.165) is 5.56 Å². The van der Waals surface area contributed by atoms with Crippen LogP contribution in [0.25, 0.3) is 0 Å². The highest BCUT2D eigenvalue weighted by atomic mass is 16.3. The monoisotopic (exact) mass is 331 g/mol. The van der Waals surface area contributed by atoms with Gasteiger partial charge in [0.05, 0.1) is 18.8 Å². The number of aromatic nitrogens is 3. The van der Waals surface area contributed by atoms with Crippen molar-refractivity contribution in [2.24, 2.45) is 7.05 Å². The molecule has 0 aliphatic carbocycles. The highest BCUT2D eigenvalue weighted by Gasteiger charge is 2.44. The zero-order valence-electron chi connectivity index (χ0n) is 13.5. The van der Waals surface area contributed by atoms with Crippen LogP contribution in [0.4, 0.5) is 0 Å². The Bertz CT molecular complexity index is 705. The molecule has 1 aliphatic heterocycles. The topological polar surface area (TPSA) is 104 Å². The molecule has 128 valence electrons. The third-order valence-electron chi connectivity index (χ3n) is 4.17. The van der Waals surface area contributed by atoms with Gasteiger partial charge in [0.2, 0.25) is 0 Å². The summed E-state index contributed by atoms with van der Waals surface area (Å²) in [5.74, 6) is -0.373. The normalized spacial score (nSPS) is 24.2. The van der Waals surface area contributed by atoms with E-state index in [9.17, 15) is 15.0 Å². The van der Waals surface area contributed by atoms with Crippen LogP contribution >= 0.6 is 0 Å². The van der Waals surface area contributed by atoms with E-state index in [0.29, 0.717) is 13.1 Å². The minimum atomic E-state index is -1.38. The van der Waals surface area contributed by atoms with Gasteiger partial charge in [-0.1, -0.05) is 6.07 Å². The molecule has 24 heavy (non-hydrogen) atoms. The summed E-state index contributed by atoms with van der Waals surface area (Å²) < 4.78 is 1.71. The van der Waals surface area contributed by atoms with Gasteiger partial charge in [0.15, 0.2) is 0 Å². The van der Waals surface area contributed by atoms with E-state index in [-0.39, 0.29) is 24.7 Å². The number of pyridine rings is 1. The summed E-state index contributed by atoms with van der Waals surface area (Å²) in [6, 6.07) is 5.04. The highest BCUT2D eigenvalue weighted by molar-refractivity contribution is 5.92. The van der Waals surface area contributed by atoms with Gasteiger partial charge in [0.25, 0.3) is 5.91 Å². The van der Waals surface area contributed by atoms with Crippen LogP contribution in [-0.2, 0) is 13.6 Å². The predicted octanol–water partition coefficient (Wildman–Crippen LogP) is -0.847. The first-order valence-corrected chi connectivity index (χ1v) is 7.76. The van der Waals surface area contributed by atoms with Crippen molar-refractivity contribution in [1.82, 2.24) is 25.0 Å². The van der Waals surface area contributed by atoms with E-state index in [1.807, 2.05) is 18.1 Å². The molecule has 0 spiro atoms. The second-order valence-corrected chi connectivity index (χ2v) is 6.21. The van der Waals surface area contributed by atoms with Crippen LogP contribution in [0.3, 0.4) is 0 Å². The zero-order chi connectivity index (χ0) is 17.2. The molecule has 2 atom stereocenters. The van der Waals surface area contributed by atoms with E-state index in [1.165, 1.54) is 6.20 Å². The Kier molecular flexibility index (Phi) is 4.61. The smallest absolute Gasteiger partial charge is 0.269 e. The van der Waals surface area contributed by atoms with Crippen LogP contribution in [0.15, 0.2) is 36.8 Å². The molecule has 0 unspecified atom stereocenters. The molecule has 3 rings (SSSR count). The first-order valence-electron chi connectivity index (χ1n) is 7.76.